The van der Waals surface area contributed by atoms with Gasteiger partial charge in [0.1, 0.15) is 0 Å². The molecule has 0 bridgehead atoms. The van der Waals surface area contributed by atoms with E-state index >= 15 is 0 Å². The lowest BCUT2D eigenvalue weighted by Crippen LogP contribution is -2.13. The third kappa shape index (κ3) is 4.07. The Hall–Kier alpha value is -2.63. The van der Waals surface area contributed by atoms with E-state index in [1.807, 2.05) is 30.3 Å². The van der Waals surface area contributed by atoms with Gasteiger partial charge in [-0.1, -0.05) is 54.6 Å². The normalized spacial score (nSPS) is 11.7. The Bertz CT molecular complexity index is 1070. The van der Waals surface area contributed by atoms with Gasteiger partial charge in [0.25, 0.3) is 10.0 Å². The van der Waals surface area contributed by atoms with E-state index in [1.165, 1.54) is 24.3 Å². The van der Waals surface area contributed by atoms with Crippen molar-refractivity contribution in [2.75, 3.05) is 4.72 Å². The van der Waals surface area contributed by atoms with Crippen LogP contribution < -0.4 is 4.72 Å². The summed E-state index contributed by atoms with van der Waals surface area (Å²) >= 11 is 5.26. The molecular formula is C19H14ClNO3S. The van der Waals surface area contributed by atoms with Crippen LogP contribution >= 0.6 is 11.6 Å². The van der Waals surface area contributed by atoms with Gasteiger partial charge < -0.3 is 0 Å². The second-order valence-corrected chi connectivity index (χ2v) is 7.40. The van der Waals surface area contributed by atoms with Gasteiger partial charge in [0.15, 0.2) is 0 Å². The second kappa shape index (κ2) is 7.09. The lowest BCUT2D eigenvalue weighted by Gasteiger charge is -2.11. The van der Waals surface area contributed by atoms with Crippen molar-refractivity contribution in [3.05, 3.63) is 78.4 Å². The molecule has 0 heterocycles. The molecule has 0 unspecified atom stereocenters. The van der Waals surface area contributed by atoms with Gasteiger partial charge in [0.2, 0.25) is 5.24 Å². The fraction of sp³-hybridized carbons (Fsp3) is 0. The molecule has 126 valence electrons. The molecule has 0 saturated heterocycles. The van der Waals surface area contributed by atoms with Crippen molar-refractivity contribution in [1.29, 1.82) is 0 Å². The van der Waals surface area contributed by atoms with E-state index in [0.29, 0.717) is 11.3 Å². The van der Waals surface area contributed by atoms with Crippen LogP contribution in [0.1, 0.15) is 5.56 Å². The predicted octanol–water partition coefficient (Wildman–Crippen LogP) is 4.42. The molecule has 0 atom stereocenters. The van der Waals surface area contributed by atoms with Gasteiger partial charge in [0, 0.05) is 5.39 Å². The number of rotatable bonds is 5. The van der Waals surface area contributed by atoms with Crippen LogP contribution in [-0.4, -0.2) is 13.7 Å². The van der Waals surface area contributed by atoms with Crippen LogP contribution in [0.3, 0.4) is 0 Å². The largest absolute Gasteiger partial charge is 0.279 e. The fourth-order valence-electron chi connectivity index (χ4n) is 2.47. The zero-order chi connectivity index (χ0) is 17.9. The molecule has 0 radical (unpaired) electrons. The van der Waals surface area contributed by atoms with Crippen LogP contribution in [0, 0.1) is 0 Å². The smallest absolute Gasteiger partial charge is 0.261 e. The summed E-state index contributed by atoms with van der Waals surface area (Å²) in [5, 5.41) is 1.14. The number of benzene rings is 3. The summed E-state index contributed by atoms with van der Waals surface area (Å²) in [7, 11) is -3.77. The topological polar surface area (TPSA) is 63.2 Å². The average Bonchev–Trinajstić information content (AvgIpc) is 2.60. The highest BCUT2D eigenvalue weighted by Gasteiger charge is 2.15. The zero-order valence-electron chi connectivity index (χ0n) is 13.0. The van der Waals surface area contributed by atoms with E-state index in [-0.39, 0.29) is 4.90 Å². The van der Waals surface area contributed by atoms with Crippen LogP contribution in [0.15, 0.2) is 77.7 Å². The third-order valence-corrected chi connectivity index (χ3v) is 5.10. The fourth-order valence-corrected chi connectivity index (χ4v) is 3.66. The number of nitrogens with one attached hydrogen (secondary N) is 1. The number of allylic oxidation sites excluding steroid dienone is 1. The number of halogens is 1. The van der Waals surface area contributed by atoms with Crippen molar-refractivity contribution in [2.24, 2.45) is 0 Å². The lowest BCUT2D eigenvalue weighted by atomic mass is 10.1. The molecule has 0 aliphatic heterocycles. The predicted molar refractivity (Wildman–Crippen MR) is 101 cm³/mol. The SMILES string of the molecule is O=C(Cl)/C=C/c1cccc(S(=O)(=O)Nc2cccc3ccccc23)c1. The highest BCUT2D eigenvalue weighted by atomic mass is 35.5. The highest BCUT2D eigenvalue weighted by Crippen LogP contribution is 2.26. The van der Waals surface area contributed by atoms with Crippen molar-refractivity contribution < 1.29 is 13.2 Å². The van der Waals surface area contributed by atoms with Crippen molar-refractivity contribution in [3.8, 4) is 0 Å². The summed E-state index contributed by atoms with van der Waals surface area (Å²) in [6.45, 7) is 0. The quantitative estimate of drug-likeness (QED) is 0.533. The molecule has 1 N–H and O–H groups in total. The zero-order valence-corrected chi connectivity index (χ0v) is 14.6. The van der Waals surface area contributed by atoms with Crippen LogP contribution in [0.2, 0.25) is 0 Å². The number of anilines is 1. The molecule has 25 heavy (non-hydrogen) atoms. The summed E-state index contributed by atoms with van der Waals surface area (Å²) in [6, 6.07) is 19.2. The minimum absolute atomic E-state index is 0.101. The number of carbonyl (C=O) groups is 1. The Balaban J connectivity index is 1.97. The monoisotopic (exact) mass is 371 g/mol. The van der Waals surface area contributed by atoms with Gasteiger partial charge in [-0.2, -0.15) is 0 Å². The van der Waals surface area contributed by atoms with Crippen LogP contribution in [0.4, 0.5) is 5.69 Å². The molecule has 0 amide bonds. The van der Waals surface area contributed by atoms with Crippen molar-refractivity contribution in [2.45, 2.75) is 4.90 Å². The Kier molecular flexibility index (Phi) is 4.88. The van der Waals surface area contributed by atoms with E-state index in [0.717, 1.165) is 10.8 Å². The van der Waals surface area contributed by atoms with Gasteiger partial charge >= 0.3 is 0 Å². The summed E-state index contributed by atoms with van der Waals surface area (Å²) in [4.78, 5) is 10.9. The van der Waals surface area contributed by atoms with E-state index in [4.69, 9.17) is 11.6 Å². The van der Waals surface area contributed by atoms with Crippen molar-refractivity contribution in [3.63, 3.8) is 0 Å². The van der Waals surface area contributed by atoms with Gasteiger partial charge in [-0.3, -0.25) is 9.52 Å². The summed E-state index contributed by atoms with van der Waals surface area (Å²) in [5.41, 5.74) is 1.07. The molecule has 0 saturated carbocycles. The average molecular weight is 372 g/mol. The molecule has 0 aliphatic rings. The van der Waals surface area contributed by atoms with E-state index in [2.05, 4.69) is 4.72 Å². The minimum Gasteiger partial charge on any atom is -0.279 e. The molecular weight excluding hydrogens is 358 g/mol. The van der Waals surface area contributed by atoms with E-state index < -0.39 is 15.3 Å². The first-order chi connectivity index (χ1) is 12.0. The molecule has 0 aromatic heterocycles. The van der Waals surface area contributed by atoms with Crippen molar-refractivity contribution in [1.82, 2.24) is 0 Å². The van der Waals surface area contributed by atoms with Gasteiger partial charge in [-0.25, -0.2) is 8.42 Å². The van der Waals surface area contributed by atoms with Gasteiger partial charge in [-0.05, 0) is 46.8 Å². The molecule has 6 heteroatoms. The Morgan fingerprint density at radius 2 is 1.68 bits per heavy atom. The first kappa shape index (κ1) is 17.2. The molecule has 3 rings (SSSR count). The molecule has 0 spiro atoms. The Morgan fingerprint density at radius 3 is 2.48 bits per heavy atom. The minimum atomic E-state index is -3.77. The first-order valence-corrected chi connectivity index (χ1v) is 9.30. The number of hydrogen-bond donors (Lipinski definition) is 1. The number of hydrogen-bond acceptors (Lipinski definition) is 3. The summed E-state index contributed by atoms with van der Waals surface area (Å²) in [6.07, 6.45) is 2.64. The Morgan fingerprint density at radius 1 is 0.960 bits per heavy atom. The van der Waals surface area contributed by atoms with Gasteiger partial charge in [-0.15, -0.1) is 0 Å². The van der Waals surface area contributed by atoms with Crippen LogP contribution in [0.5, 0.6) is 0 Å². The standard InChI is InChI=1S/C19H14ClNO3S/c20-19(22)12-11-14-5-3-8-16(13-14)25(23,24)21-18-10-4-7-15-6-1-2-9-17(15)18/h1-13,21H/b12-11+. The van der Waals surface area contributed by atoms with E-state index in [1.54, 1.807) is 24.3 Å². The Labute approximate surface area is 150 Å². The molecule has 0 aliphatic carbocycles. The molecule has 4 nitrogen and oxygen atoms in total. The number of sulfonamides is 1. The maximum Gasteiger partial charge on any atom is 0.261 e. The van der Waals surface area contributed by atoms with E-state index in [9.17, 15) is 13.2 Å². The maximum absolute atomic E-state index is 12.7. The number of carbonyl (C=O) groups excluding carboxylic acids is 1. The van der Waals surface area contributed by atoms with Crippen LogP contribution in [-0.2, 0) is 14.8 Å². The first-order valence-electron chi connectivity index (χ1n) is 7.44. The molecule has 3 aromatic carbocycles. The second-order valence-electron chi connectivity index (χ2n) is 5.34. The van der Waals surface area contributed by atoms with Crippen molar-refractivity contribution >= 4 is 49.4 Å². The summed E-state index contributed by atoms with van der Waals surface area (Å²) in [5.74, 6) is 0. The van der Waals surface area contributed by atoms with Crippen LogP contribution in [0.25, 0.3) is 16.8 Å². The summed E-state index contributed by atoms with van der Waals surface area (Å²) < 4.78 is 28.0. The lowest BCUT2D eigenvalue weighted by molar-refractivity contribution is -0.107. The third-order valence-electron chi connectivity index (χ3n) is 3.61. The molecule has 3 aromatic rings. The highest BCUT2D eigenvalue weighted by molar-refractivity contribution is 7.92. The molecule has 0 fully saturated rings. The maximum atomic E-state index is 12.7. The van der Waals surface area contributed by atoms with Gasteiger partial charge in [0.05, 0.1) is 10.6 Å². The number of fused-ring (bicyclic) bond motifs is 1.